The second-order valence-electron chi connectivity index (χ2n) is 4.40. The number of rotatable bonds is 3. The molecule has 2 aromatic carbocycles. The van der Waals surface area contributed by atoms with E-state index in [1.54, 1.807) is 18.2 Å². The summed E-state index contributed by atoms with van der Waals surface area (Å²) in [6.07, 6.45) is 0. The Bertz CT molecular complexity index is 792. The van der Waals surface area contributed by atoms with Gasteiger partial charge in [-0.3, -0.25) is 0 Å². The second kappa shape index (κ2) is 6.17. The first-order valence-electron chi connectivity index (χ1n) is 6.31. The quantitative estimate of drug-likeness (QED) is 0.777. The molecule has 2 N–H and O–H groups in total. The zero-order valence-corrected chi connectivity index (χ0v) is 12.7. The normalized spacial score (nSPS) is 10.5. The van der Waals surface area contributed by atoms with E-state index in [1.165, 1.54) is 0 Å². The van der Waals surface area contributed by atoms with Crippen LogP contribution in [-0.4, -0.2) is 15.2 Å². The van der Waals surface area contributed by atoms with Gasteiger partial charge in [0.25, 0.3) is 5.88 Å². The largest absolute Gasteiger partial charge is 0.436 e. The average Bonchev–Trinajstić information content (AvgIpc) is 2.49. The number of aromatic nitrogens is 3. The molecule has 0 radical (unpaired) electrons. The van der Waals surface area contributed by atoms with Crippen molar-refractivity contribution in [2.45, 2.75) is 0 Å². The Labute approximate surface area is 136 Å². The van der Waals surface area contributed by atoms with Crippen molar-refractivity contribution in [3.8, 4) is 22.9 Å². The molecular formula is C15H10Cl2N4O. The Balaban J connectivity index is 2.04. The lowest BCUT2D eigenvalue weighted by molar-refractivity contribution is 0.455. The lowest BCUT2D eigenvalue weighted by Crippen LogP contribution is -2.02. The minimum absolute atomic E-state index is 0.0651. The number of hydrogen-bond donors (Lipinski definition) is 1. The third-order valence-corrected chi connectivity index (χ3v) is 3.21. The number of nitrogens with two attached hydrogens (primary N) is 1. The van der Waals surface area contributed by atoms with E-state index in [-0.39, 0.29) is 11.8 Å². The van der Waals surface area contributed by atoms with E-state index in [0.717, 1.165) is 5.56 Å². The highest BCUT2D eigenvalue weighted by molar-refractivity contribution is 6.34. The molecule has 0 saturated carbocycles. The van der Waals surface area contributed by atoms with Gasteiger partial charge in [-0.2, -0.15) is 0 Å². The highest BCUT2D eigenvalue weighted by Crippen LogP contribution is 2.32. The third-order valence-electron chi connectivity index (χ3n) is 2.77. The zero-order chi connectivity index (χ0) is 15.5. The molecule has 0 saturated heterocycles. The number of nitrogens with zero attached hydrogens (tertiary/aromatic N) is 3. The van der Waals surface area contributed by atoms with Gasteiger partial charge in [0.05, 0.1) is 0 Å². The van der Waals surface area contributed by atoms with Gasteiger partial charge in [0.1, 0.15) is 11.4 Å². The van der Waals surface area contributed by atoms with Crippen LogP contribution in [0.5, 0.6) is 11.6 Å². The molecule has 110 valence electrons. The minimum Gasteiger partial charge on any atom is -0.436 e. The number of ether oxygens (including phenoxy) is 1. The first-order valence-corrected chi connectivity index (χ1v) is 7.07. The standard InChI is InChI=1S/C15H10Cl2N4O/c16-10-6-11(17)8-12(7-10)22-14-13(19-15(18)21-20-14)9-4-2-1-3-5-9/h1-8H,(H2,18,19,21). The highest BCUT2D eigenvalue weighted by Gasteiger charge is 2.13. The van der Waals surface area contributed by atoms with Crippen LogP contribution in [-0.2, 0) is 0 Å². The molecule has 22 heavy (non-hydrogen) atoms. The van der Waals surface area contributed by atoms with Crippen LogP contribution >= 0.6 is 23.2 Å². The zero-order valence-electron chi connectivity index (χ0n) is 11.2. The molecule has 3 aromatic rings. The maximum absolute atomic E-state index is 5.96. The van der Waals surface area contributed by atoms with E-state index < -0.39 is 0 Å². The molecule has 0 aliphatic rings. The van der Waals surface area contributed by atoms with Crippen molar-refractivity contribution in [2.24, 2.45) is 0 Å². The highest BCUT2D eigenvalue weighted by atomic mass is 35.5. The maximum atomic E-state index is 5.96. The van der Waals surface area contributed by atoms with Gasteiger partial charge in [0.15, 0.2) is 0 Å². The Morgan fingerprint density at radius 1 is 0.909 bits per heavy atom. The van der Waals surface area contributed by atoms with Gasteiger partial charge in [0, 0.05) is 15.6 Å². The summed E-state index contributed by atoms with van der Waals surface area (Å²) < 4.78 is 5.72. The number of anilines is 1. The van der Waals surface area contributed by atoms with Gasteiger partial charge in [0.2, 0.25) is 5.95 Å². The molecule has 0 amide bonds. The van der Waals surface area contributed by atoms with Crippen molar-refractivity contribution in [3.63, 3.8) is 0 Å². The molecule has 0 aliphatic heterocycles. The van der Waals surface area contributed by atoms with Crippen LogP contribution in [0.4, 0.5) is 5.95 Å². The summed E-state index contributed by atoms with van der Waals surface area (Å²) >= 11 is 11.9. The van der Waals surface area contributed by atoms with Crippen molar-refractivity contribution in [1.82, 2.24) is 15.2 Å². The fraction of sp³-hybridized carbons (Fsp3) is 0. The van der Waals surface area contributed by atoms with Gasteiger partial charge in [-0.05, 0) is 18.2 Å². The van der Waals surface area contributed by atoms with Gasteiger partial charge in [-0.15, -0.1) is 10.2 Å². The van der Waals surface area contributed by atoms with Gasteiger partial charge < -0.3 is 10.5 Å². The summed E-state index contributed by atoms with van der Waals surface area (Å²) in [5, 5.41) is 8.61. The summed E-state index contributed by atoms with van der Waals surface area (Å²) in [6.45, 7) is 0. The molecule has 0 bridgehead atoms. The molecule has 0 unspecified atom stereocenters. The van der Waals surface area contributed by atoms with Crippen LogP contribution in [0.3, 0.4) is 0 Å². The molecule has 5 nitrogen and oxygen atoms in total. The van der Waals surface area contributed by atoms with Crippen molar-refractivity contribution < 1.29 is 4.74 Å². The Kier molecular flexibility index (Phi) is 4.09. The van der Waals surface area contributed by atoms with Crippen LogP contribution in [0.25, 0.3) is 11.3 Å². The van der Waals surface area contributed by atoms with Gasteiger partial charge in [-0.25, -0.2) is 4.98 Å². The molecule has 0 atom stereocenters. The van der Waals surface area contributed by atoms with Crippen molar-refractivity contribution in [3.05, 3.63) is 58.6 Å². The SMILES string of the molecule is Nc1nnc(Oc2cc(Cl)cc(Cl)c2)c(-c2ccccc2)n1. The Hall–Kier alpha value is -2.37. The summed E-state index contributed by atoms with van der Waals surface area (Å²) in [4.78, 5) is 4.20. The minimum atomic E-state index is 0.0651. The van der Waals surface area contributed by atoms with E-state index >= 15 is 0 Å². The van der Waals surface area contributed by atoms with E-state index in [4.69, 9.17) is 33.7 Å². The first kappa shape index (κ1) is 14.6. The topological polar surface area (TPSA) is 73.9 Å². The Morgan fingerprint density at radius 2 is 1.59 bits per heavy atom. The van der Waals surface area contributed by atoms with Crippen molar-refractivity contribution >= 4 is 29.2 Å². The molecule has 7 heteroatoms. The number of nitrogen functional groups attached to an aromatic ring is 1. The molecule has 0 aliphatic carbocycles. The molecule has 3 rings (SSSR count). The predicted octanol–water partition coefficient (Wildman–Crippen LogP) is 4.22. The second-order valence-corrected chi connectivity index (χ2v) is 5.27. The number of benzene rings is 2. The van der Waals surface area contributed by atoms with E-state index in [1.807, 2.05) is 30.3 Å². The predicted molar refractivity (Wildman–Crippen MR) is 86.2 cm³/mol. The summed E-state index contributed by atoms with van der Waals surface area (Å²) in [5.74, 6) is 0.726. The number of halogens is 2. The smallest absolute Gasteiger partial charge is 0.265 e. The summed E-state index contributed by atoms with van der Waals surface area (Å²) in [5.41, 5.74) is 6.93. The lowest BCUT2D eigenvalue weighted by atomic mass is 10.1. The summed E-state index contributed by atoms with van der Waals surface area (Å²) in [7, 11) is 0. The third kappa shape index (κ3) is 3.27. The van der Waals surface area contributed by atoms with Gasteiger partial charge in [-0.1, -0.05) is 53.5 Å². The van der Waals surface area contributed by atoms with Gasteiger partial charge >= 0.3 is 0 Å². The Morgan fingerprint density at radius 3 is 2.27 bits per heavy atom. The maximum Gasteiger partial charge on any atom is 0.265 e. The molecule has 1 aromatic heterocycles. The first-order chi connectivity index (χ1) is 10.6. The monoisotopic (exact) mass is 332 g/mol. The van der Waals surface area contributed by atoms with Crippen LogP contribution in [0.2, 0.25) is 10.0 Å². The van der Waals surface area contributed by atoms with Crippen LogP contribution in [0, 0.1) is 0 Å². The van der Waals surface area contributed by atoms with Crippen molar-refractivity contribution in [1.29, 1.82) is 0 Å². The molecule has 0 fully saturated rings. The van der Waals surface area contributed by atoms with E-state index in [9.17, 15) is 0 Å². The van der Waals surface area contributed by atoms with Crippen LogP contribution in [0.1, 0.15) is 0 Å². The fourth-order valence-corrected chi connectivity index (χ4v) is 2.39. The summed E-state index contributed by atoms with van der Waals surface area (Å²) in [6, 6.07) is 14.3. The van der Waals surface area contributed by atoms with Crippen LogP contribution < -0.4 is 10.5 Å². The van der Waals surface area contributed by atoms with Crippen molar-refractivity contribution in [2.75, 3.05) is 5.73 Å². The fourth-order valence-electron chi connectivity index (χ4n) is 1.88. The van der Waals surface area contributed by atoms with Crippen LogP contribution in [0.15, 0.2) is 48.5 Å². The lowest BCUT2D eigenvalue weighted by Gasteiger charge is -2.09. The average molecular weight is 333 g/mol. The van der Waals surface area contributed by atoms with E-state index in [2.05, 4.69) is 15.2 Å². The molecule has 1 heterocycles. The molecule has 0 spiro atoms. The molecular weight excluding hydrogens is 323 g/mol. The number of hydrogen-bond acceptors (Lipinski definition) is 5. The van der Waals surface area contributed by atoms with E-state index in [0.29, 0.717) is 21.5 Å².